The first-order chi connectivity index (χ1) is 8.72. The van der Waals surface area contributed by atoms with Crippen molar-refractivity contribution in [2.24, 2.45) is 0 Å². The smallest absolute Gasteiger partial charge is 0.261 e. The highest BCUT2D eigenvalue weighted by molar-refractivity contribution is 6.09. The zero-order valence-electron chi connectivity index (χ0n) is 9.88. The second-order valence-electron chi connectivity index (χ2n) is 3.61. The third kappa shape index (κ3) is 2.40. The minimum atomic E-state index is -0.309. The fraction of sp³-hybridized carbons (Fsp3) is 0.0769. The third-order valence-corrected chi connectivity index (χ3v) is 2.44. The summed E-state index contributed by atoms with van der Waals surface area (Å²) in [6.45, 7) is 0. The standard InChI is InChI=1S/C13H13N3O2/c1-18-11-4-2-3-10(14)12(11)13(17)16-9-5-7-15-8-6-9/h2-8H,14H2,1H3,(H,15,16,17). The summed E-state index contributed by atoms with van der Waals surface area (Å²) in [5.41, 5.74) is 7.16. The Balaban J connectivity index is 2.29. The molecule has 0 aliphatic heterocycles. The van der Waals surface area contributed by atoms with E-state index in [2.05, 4.69) is 10.3 Å². The highest BCUT2D eigenvalue weighted by Crippen LogP contribution is 2.25. The molecule has 0 bridgehead atoms. The Labute approximate surface area is 105 Å². The van der Waals surface area contributed by atoms with Gasteiger partial charge in [-0.25, -0.2) is 0 Å². The van der Waals surface area contributed by atoms with Crippen LogP contribution in [0, 0.1) is 0 Å². The minimum Gasteiger partial charge on any atom is -0.496 e. The summed E-state index contributed by atoms with van der Waals surface area (Å²) < 4.78 is 5.13. The average molecular weight is 243 g/mol. The zero-order valence-corrected chi connectivity index (χ0v) is 9.88. The van der Waals surface area contributed by atoms with Crippen molar-refractivity contribution in [1.29, 1.82) is 0 Å². The molecule has 0 atom stereocenters. The van der Waals surface area contributed by atoms with Gasteiger partial charge < -0.3 is 15.8 Å². The number of aromatic nitrogens is 1. The summed E-state index contributed by atoms with van der Waals surface area (Å²) in [5, 5.41) is 2.73. The number of benzene rings is 1. The van der Waals surface area contributed by atoms with Gasteiger partial charge >= 0.3 is 0 Å². The van der Waals surface area contributed by atoms with Crippen molar-refractivity contribution < 1.29 is 9.53 Å². The van der Waals surface area contributed by atoms with Crippen molar-refractivity contribution in [2.75, 3.05) is 18.2 Å². The molecule has 1 amide bonds. The van der Waals surface area contributed by atoms with Crippen LogP contribution in [0.1, 0.15) is 10.4 Å². The Morgan fingerprint density at radius 3 is 2.67 bits per heavy atom. The van der Waals surface area contributed by atoms with Gasteiger partial charge in [-0.3, -0.25) is 9.78 Å². The Morgan fingerprint density at radius 1 is 1.28 bits per heavy atom. The number of rotatable bonds is 3. The van der Waals surface area contributed by atoms with Crippen molar-refractivity contribution in [2.45, 2.75) is 0 Å². The number of hydrogen-bond donors (Lipinski definition) is 2. The van der Waals surface area contributed by atoms with Crippen LogP contribution in [0.15, 0.2) is 42.7 Å². The van der Waals surface area contributed by atoms with Gasteiger partial charge in [-0.1, -0.05) is 6.07 Å². The first kappa shape index (κ1) is 11.9. The molecule has 0 unspecified atom stereocenters. The van der Waals surface area contributed by atoms with Crippen LogP contribution in [-0.4, -0.2) is 18.0 Å². The van der Waals surface area contributed by atoms with Crippen molar-refractivity contribution in [1.82, 2.24) is 4.98 Å². The molecule has 0 fully saturated rings. The van der Waals surface area contributed by atoms with Gasteiger partial charge in [0, 0.05) is 23.8 Å². The van der Waals surface area contributed by atoms with Crippen LogP contribution in [0.4, 0.5) is 11.4 Å². The first-order valence-corrected chi connectivity index (χ1v) is 5.36. The Bertz CT molecular complexity index is 555. The lowest BCUT2D eigenvalue weighted by Gasteiger charge is -2.11. The van der Waals surface area contributed by atoms with Gasteiger partial charge in [-0.05, 0) is 24.3 Å². The second-order valence-corrected chi connectivity index (χ2v) is 3.61. The Kier molecular flexibility index (Phi) is 3.43. The molecule has 0 aliphatic carbocycles. The van der Waals surface area contributed by atoms with E-state index < -0.39 is 0 Å². The average Bonchev–Trinajstić information content (AvgIpc) is 2.39. The van der Waals surface area contributed by atoms with Crippen molar-refractivity contribution >= 4 is 17.3 Å². The van der Waals surface area contributed by atoms with E-state index in [-0.39, 0.29) is 5.91 Å². The summed E-state index contributed by atoms with van der Waals surface area (Å²) in [6.07, 6.45) is 3.20. The maximum Gasteiger partial charge on any atom is 0.261 e. The first-order valence-electron chi connectivity index (χ1n) is 5.36. The predicted octanol–water partition coefficient (Wildman–Crippen LogP) is 1.92. The van der Waals surface area contributed by atoms with Gasteiger partial charge in [0.15, 0.2) is 0 Å². The summed E-state index contributed by atoms with van der Waals surface area (Å²) in [6, 6.07) is 8.48. The lowest BCUT2D eigenvalue weighted by molar-refractivity contribution is 0.102. The fourth-order valence-electron chi connectivity index (χ4n) is 1.59. The SMILES string of the molecule is COc1cccc(N)c1C(=O)Nc1ccncc1. The Morgan fingerprint density at radius 2 is 2.00 bits per heavy atom. The molecule has 1 aromatic heterocycles. The van der Waals surface area contributed by atoms with Crippen LogP contribution in [-0.2, 0) is 0 Å². The van der Waals surface area contributed by atoms with Crippen LogP contribution in [0.3, 0.4) is 0 Å². The molecule has 0 saturated carbocycles. The number of nitrogens with zero attached hydrogens (tertiary/aromatic N) is 1. The van der Waals surface area contributed by atoms with Crippen LogP contribution in [0.5, 0.6) is 5.75 Å². The number of nitrogens with one attached hydrogen (secondary N) is 1. The molecule has 5 nitrogen and oxygen atoms in total. The number of amides is 1. The number of ether oxygens (including phenoxy) is 1. The molecule has 18 heavy (non-hydrogen) atoms. The highest BCUT2D eigenvalue weighted by atomic mass is 16.5. The molecule has 3 N–H and O–H groups in total. The maximum atomic E-state index is 12.1. The van der Waals surface area contributed by atoms with Gasteiger partial charge in [0.2, 0.25) is 0 Å². The van der Waals surface area contributed by atoms with Crippen LogP contribution in [0.25, 0.3) is 0 Å². The lowest BCUT2D eigenvalue weighted by atomic mass is 10.1. The quantitative estimate of drug-likeness (QED) is 0.807. The number of anilines is 2. The number of methoxy groups -OCH3 is 1. The van der Waals surface area contributed by atoms with E-state index in [1.165, 1.54) is 7.11 Å². The molecule has 92 valence electrons. The van der Waals surface area contributed by atoms with Crippen LogP contribution in [0.2, 0.25) is 0 Å². The van der Waals surface area contributed by atoms with Crippen LogP contribution < -0.4 is 15.8 Å². The number of nitrogen functional groups attached to an aromatic ring is 1. The van der Waals surface area contributed by atoms with E-state index >= 15 is 0 Å². The predicted molar refractivity (Wildman–Crippen MR) is 69.6 cm³/mol. The third-order valence-electron chi connectivity index (χ3n) is 2.44. The summed E-state index contributed by atoms with van der Waals surface area (Å²) in [4.78, 5) is 16.0. The van der Waals surface area contributed by atoms with Gasteiger partial charge in [0.1, 0.15) is 11.3 Å². The molecule has 0 spiro atoms. The Hall–Kier alpha value is -2.56. The molecule has 5 heteroatoms. The number of pyridine rings is 1. The second kappa shape index (κ2) is 5.18. The van der Waals surface area contributed by atoms with Crippen molar-refractivity contribution in [3.63, 3.8) is 0 Å². The molecular formula is C13H13N3O2. The summed E-state index contributed by atoms with van der Waals surface area (Å²) >= 11 is 0. The zero-order chi connectivity index (χ0) is 13.0. The maximum absolute atomic E-state index is 12.1. The molecule has 2 aromatic rings. The van der Waals surface area contributed by atoms with E-state index in [1.807, 2.05) is 0 Å². The normalized spacial score (nSPS) is 9.83. The minimum absolute atomic E-state index is 0.309. The van der Waals surface area contributed by atoms with Gasteiger partial charge in [-0.15, -0.1) is 0 Å². The number of carbonyl (C=O) groups excluding carboxylic acids is 1. The molecule has 0 radical (unpaired) electrons. The topological polar surface area (TPSA) is 77.2 Å². The van der Waals surface area contributed by atoms with Gasteiger partial charge in [-0.2, -0.15) is 0 Å². The molecule has 1 heterocycles. The largest absolute Gasteiger partial charge is 0.496 e. The van der Waals surface area contributed by atoms with E-state index in [4.69, 9.17) is 10.5 Å². The monoisotopic (exact) mass is 243 g/mol. The van der Waals surface area contributed by atoms with Gasteiger partial charge in [0.05, 0.1) is 7.11 Å². The molecule has 1 aromatic carbocycles. The van der Waals surface area contributed by atoms with Crippen molar-refractivity contribution in [3.8, 4) is 5.75 Å². The summed E-state index contributed by atoms with van der Waals surface area (Å²) in [5.74, 6) is 0.137. The van der Waals surface area contributed by atoms with Crippen molar-refractivity contribution in [3.05, 3.63) is 48.3 Å². The number of carbonyl (C=O) groups is 1. The van der Waals surface area contributed by atoms with E-state index in [0.29, 0.717) is 22.7 Å². The molecular weight excluding hydrogens is 230 g/mol. The van der Waals surface area contributed by atoms with Crippen LogP contribution >= 0.6 is 0 Å². The molecule has 2 rings (SSSR count). The summed E-state index contributed by atoms with van der Waals surface area (Å²) in [7, 11) is 1.50. The fourth-order valence-corrected chi connectivity index (χ4v) is 1.59. The number of hydrogen-bond acceptors (Lipinski definition) is 4. The number of nitrogens with two attached hydrogens (primary N) is 1. The van der Waals surface area contributed by atoms with E-state index in [1.54, 1.807) is 42.7 Å². The van der Waals surface area contributed by atoms with E-state index in [0.717, 1.165) is 0 Å². The highest BCUT2D eigenvalue weighted by Gasteiger charge is 2.15. The van der Waals surface area contributed by atoms with Gasteiger partial charge in [0.25, 0.3) is 5.91 Å². The van der Waals surface area contributed by atoms with E-state index in [9.17, 15) is 4.79 Å². The molecule has 0 saturated heterocycles. The molecule has 0 aliphatic rings. The lowest BCUT2D eigenvalue weighted by Crippen LogP contribution is -2.15.